The van der Waals surface area contributed by atoms with E-state index < -0.39 is 46.9 Å². The second kappa shape index (κ2) is 9.19. The number of Topliss-reactive ketones (excluding diaryl/α,β-unsaturated/α-hetero) is 1. The van der Waals surface area contributed by atoms with E-state index in [1.807, 2.05) is 26.8 Å². The van der Waals surface area contributed by atoms with E-state index in [9.17, 15) is 19.2 Å². The maximum Gasteiger partial charge on any atom is 0.374 e. The van der Waals surface area contributed by atoms with Gasteiger partial charge in [0, 0.05) is 11.8 Å². The number of allylic oxidation sites excluding steroid dienone is 1. The monoisotopic (exact) mass is 476 g/mol. The van der Waals surface area contributed by atoms with Gasteiger partial charge in [-0.05, 0) is 57.1 Å². The van der Waals surface area contributed by atoms with Crippen molar-refractivity contribution in [3.05, 3.63) is 23.0 Å². The van der Waals surface area contributed by atoms with Crippen molar-refractivity contribution in [2.75, 3.05) is 14.2 Å². The van der Waals surface area contributed by atoms with Crippen LogP contribution in [-0.4, -0.2) is 49.6 Å². The van der Waals surface area contributed by atoms with Gasteiger partial charge in [-0.3, -0.25) is 14.4 Å². The van der Waals surface area contributed by atoms with E-state index in [1.54, 1.807) is 13.8 Å². The van der Waals surface area contributed by atoms with Crippen LogP contribution in [0.2, 0.25) is 0 Å². The molecule has 0 aromatic heterocycles. The minimum atomic E-state index is -1.72. The SMILES string of the molecule is COC(=O)[C@@]1(C)C(=O)O[C@@H]2/C(C)=C\C[C@H]3C(C(C)C)=C(OC)C(=O)O[C@]3(C)CC[C@@H](C)C(=O)[C@H]21. The molecule has 1 fully saturated rings. The third kappa shape index (κ3) is 3.95. The van der Waals surface area contributed by atoms with Gasteiger partial charge >= 0.3 is 17.9 Å². The fourth-order valence-electron chi connectivity index (χ4n) is 5.72. The lowest BCUT2D eigenvalue weighted by Gasteiger charge is -2.43. The minimum Gasteiger partial charge on any atom is -0.490 e. The van der Waals surface area contributed by atoms with Gasteiger partial charge in [-0.25, -0.2) is 4.79 Å². The number of fused-ring (bicyclic) bond motifs is 2. The van der Waals surface area contributed by atoms with Gasteiger partial charge in [0.05, 0.1) is 20.1 Å². The first-order valence-electron chi connectivity index (χ1n) is 11.8. The lowest BCUT2D eigenvalue weighted by Crippen LogP contribution is -2.47. The zero-order chi connectivity index (χ0) is 25.6. The second-order valence-corrected chi connectivity index (χ2v) is 10.4. The average molecular weight is 477 g/mol. The standard InChI is InChI=1S/C26H36O8/c1-13(2)17-16-10-9-15(4)20-18(26(6,23(29)32-8)24(30)33-20)19(27)14(3)11-12-25(16,5)34-22(28)21(17)31-7/h9,13-14,16,18,20H,10-12H2,1-8H3/b15-9-/t14-,16+,18-,20-,25-,26+/m1/s1. The number of carbonyl (C=O) groups is 4. The zero-order valence-corrected chi connectivity index (χ0v) is 21.4. The first-order valence-corrected chi connectivity index (χ1v) is 11.8. The number of ketones is 1. The molecule has 0 unspecified atom stereocenters. The summed E-state index contributed by atoms with van der Waals surface area (Å²) in [6, 6.07) is 0. The van der Waals surface area contributed by atoms with Gasteiger partial charge in [0.2, 0.25) is 5.76 Å². The Bertz CT molecular complexity index is 960. The Morgan fingerprint density at radius 3 is 2.38 bits per heavy atom. The Morgan fingerprint density at radius 1 is 1.18 bits per heavy atom. The largest absolute Gasteiger partial charge is 0.490 e. The van der Waals surface area contributed by atoms with Gasteiger partial charge in [0.25, 0.3) is 0 Å². The number of carbonyl (C=O) groups excluding carboxylic acids is 4. The number of esters is 3. The quantitative estimate of drug-likeness (QED) is 0.264. The topological polar surface area (TPSA) is 105 Å². The molecule has 34 heavy (non-hydrogen) atoms. The number of ether oxygens (including phenoxy) is 4. The van der Waals surface area contributed by atoms with Crippen molar-refractivity contribution in [2.45, 2.75) is 72.5 Å². The molecule has 0 saturated carbocycles. The fourth-order valence-corrected chi connectivity index (χ4v) is 5.72. The molecule has 0 bridgehead atoms. The molecule has 0 spiro atoms. The van der Waals surface area contributed by atoms with Crippen LogP contribution < -0.4 is 0 Å². The molecule has 3 rings (SSSR count). The third-order valence-corrected chi connectivity index (χ3v) is 7.89. The van der Waals surface area contributed by atoms with Gasteiger partial charge in [-0.2, -0.15) is 0 Å². The normalized spacial score (nSPS) is 38.1. The lowest BCUT2D eigenvalue weighted by molar-refractivity contribution is -0.168. The predicted molar refractivity (Wildman–Crippen MR) is 122 cm³/mol. The fraction of sp³-hybridized carbons (Fsp3) is 0.692. The van der Waals surface area contributed by atoms with E-state index in [2.05, 4.69) is 0 Å². The van der Waals surface area contributed by atoms with Crippen molar-refractivity contribution in [1.29, 1.82) is 0 Å². The number of hydrogen-bond donors (Lipinski definition) is 0. The number of hydrogen-bond acceptors (Lipinski definition) is 8. The Balaban J connectivity index is 2.15. The summed E-state index contributed by atoms with van der Waals surface area (Å²) in [6.45, 7) is 10.9. The second-order valence-electron chi connectivity index (χ2n) is 10.4. The highest BCUT2D eigenvalue weighted by Gasteiger charge is 2.63. The van der Waals surface area contributed by atoms with Crippen LogP contribution >= 0.6 is 0 Å². The van der Waals surface area contributed by atoms with Crippen molar-refractivity contribution in [2.24, 2.45) is 29.1 Å². The van der Waals surface area contributed by atoms with Gasteiger partial charge in [-0.15, -0.1) is 0 Å². The minimum absolute atomic E-state index is 0.0321. The molecule has 8 nitrogen and oxygen atoms in total. The highest BCUT2D eigenvalue weighted by Crippen LogP contribution is 2.49. The summed E-state index contributed by atoms with van der Waals surface area (Å²) >= 11 is 0. The van der Waals surface area contributed by atoms with Gasteiger partial charge < -0.3 is 18.9 Å². The molecule has 0 aromatic carbocycles. The summed E-state index contributed by atoms with van der Waals surface area (Å²) in [6.07, 6.45) is 2.41. The van der Waals surface area contributed by atoms with Crippen molar-refractivity contribution in [3.8, 4) is 0 Å². The Morgan fingerprint density at radius 2 is 1.82 bits per heavy atom. The molecule has 1 saturated heterocycles. The summed E-state index contributed by atoms with van der Waals surface area (Å²) in [5.74, 6) is -3.68. The Hall–Kier alpha value is -2.64. The first-order chi connectivity index (χ1) is 15.8. The van der Waals surface area contributed by atoms with Crippen LogP contribution in [-0.2, 0) is 38.1 Å². The van der Waals surface area contributed by atoms with Crippen molar-refractivity contribution >= 4 is 23.7 Å². The van der Waals surface area contributed by atoms with Gasteiger partial charge in [0.1, 0.15) is 17.5 Å². The van der Waals surface area contributed by atoms with Crippen molar-refractivity contribution < 1.29 is 38.1 Å². The smallest absolute Gasteiger partial charge is 0.374 e. The van der Waals surface area contributed by atoms with E-state index in [-0.39, 0.29) is 23.4 Å². The van der Waals surface area contributed by atoms with E-state index >= 15 is 0 Å². The molecular formula is C26H36O8. The maximum absolute atomic E-state index is 13.7. The molecule has 6 atom stereocenters. The van der Waals surface area contributed by atoms with Crippen LogP contribution in [0.3, 0.4) is 0 Å². The summed E-state index contributed by atoms with van der Waals surface area (Å²) in [7, 11) is 2.66. The lowest BCUT2D eigenvalue weighted by atomic mass is 9.69. The van der Waals surface area contributed by atoms with E-state index in [0.29, 0.717) is 24.8 Å². The van der Waals surface area contributed by atoms with Crippen LogP contribution in [0.4, 0.5) is 0 Å². The van der Waals surface area contributed by atoms with E-state index in [4.69, 9.17) is 18.9 Å². The van der Waals surface area contributed by atoms with E-state index in [0.717, 1.165) is 5.57 Å². The molecule has 0 aromatic rings. The molecule has 1 aliphatic carbocycles. The zero-order valence-electron chi connectivity index (χ0n) is 21.4. The summed E-state index contributed by atoms with van der Waals surface area (Å²) < 4.78 is 21.9. The van der Waals surface area contributed by atoms with Crippen LogP contribution in [0.5, 0.6) is 0 Å². The van der Waals surface area contributed by atoms with E-state index in [1.165, 1.54) is 21.1 Å². The predicted octanol–water partition coefficient (Wildman–Crippen LogP) is 3.53. The highest BCUT2D eigenvalue weighted by atomic mass is 16.6. The molecule has 0 amide bonds. The molecule has 188 valence electrons. The number of rotatable bonds is 3. The molecular weight excluding hydrogens is 440 g/mol. The Labute approximate surface area is 201 Å². The van der Waals surface area contributed by atoms with Crippen molar-refractivity contribution in [3.63, 3.8) is 0 Å². The molecule has 0 N–H and O–H groups in total. The van der Waals surface area contributed by atoms with Gasteiger partial charge in [-0.1, -0.05) is 26.8 Å². The van der Waals surface area contributed by atoms with Crippen molar-refractivity contribution in [1.82, 2.24) is 0 Å². The van der Waals surface area contributed by atoms with Gasteiger partial charge in [0.15, 0.2) is 5.41 Å². The summed E-state index contributed by atoms with van der Waals surface area (Å²) in [5, 5.41) is 0. The molecule has 2 heterocycles. The first kappa shape index (κ1) is 26.0. The highest BCUT2D eigenvalue weighted by molar-refractivity contribution is 6.07. The molecule has 0 radical (unpaired) electrons. The molecule has 8 heteroatoms. The number of methoxy groups -OCH3 is 2. The van der Waals surface area contributed by atoms with Crippen LogP contribution in [0.25, 0.3) is 0 Å². The Kier molecular flexibility index (Phi) is 7.02. The molecule has 2 aliphatic heterocycles. The van der Waals surface area contributed by atoms with Crippen LogP contribution in [0.1, 0.15) is 60.8 Å². The average Bonchev–Trinajstić information content (AvgIpc) is 3.05. The summed E-state index contributed by atoms with van der Waals surface area (Å²) in [5.41, 5.74) is -1.01. The van der Waals surface area contributed by atoms with Crippen LogP contribution in [0.15, 0.2) is 23.0 Å². The summed E-state index contributed by atoms with van der Waals surface area (Å²) in [4.78, 5) is 52.1. The third-order valence-electron chi connectivity index (χ3n) is 7.89. The maximum atomic E-state index is 13.7. The molecule has 3 aliphatic rings. The van der Waals surface area contributed by atoms with Crippen LogP contribution in [0, 0.1) is 29.1 Å².